The molecule has 1 N–H and O–H groups in total. The van der Waals surface area contributed by atoms with E-state index >= 15 is 0 Å². The Morgan fingerprint density at radius 1 is 1.09 bits per heavy atom. The van der Waals surface area contributed by atoms with E-state index < -0.39 is 5.97 Å². The van der Waals surface area contributed by atoms with E-state index in [1.54, 1.807) is 6.92 Å². The standard InChI is InChI=1S/C27H24N2O3/c1-2-6-23(16-26(30)31)22-9-11-25(12-10-22)32-19-21-15-24-13-14-29(27(24)28-17-21)18-20-7-4-3-5-8-20/h3-5,7-15,17,23H,16,18-19H2,1H3,(H,30,31)/t23-/m0/s1. The van der Waals surface area contributed by atoms with E-state index in [2.05, 4.69) is 51.9 Å². The lowest BCUT2D eigenvalue weighted by Crippen LogP contribution is -2.04. The highest BCUT2D eigenvalue weighted by molar-refractivity contribution is 5.76. The molecule has 0 saturated heterocycles. The third-order valence-corrected chi connectivity index (χ3v) is 5.24. The van der Waals surface area contributed by atoms with Gasteiger partial charge in [0.2, 0.25) is 0 Å². The summed E-state index contributed by atoms with van der Waals surface area (Å²) in [6.45, 7) is 2.90. The Labute approximate surface area is 187 Å². The van der Waals surface area contributed by atoms with Gasteiger partial charge in [0.1, 0.15) is 18.0 Å². The fourth-order valence-corrected chi connectivity index (χ4v) is 3.67. The molecule has 160 valence electrons. The third-order valence-electron chi connectivity index (χ3n) is 5.24. The Hall–Kier alpha value is -4.04. The molecule has 4 rings (SSSR count). The van der Waals surface area contributed by atoms with Crippen LogP contribution in [0, 0.1) is 11.8 Å². The Kier molecular flexibility index (Phi) is 6.52. The smallest absolute Gasteiger partial charge is 0.304 e. The predicted molar refractivity (Wildman–Crippen MR) is 124 cm³/mol. The van der Waals surface area contributed by atoms with Gasteiger partial charge in [-0.2, -0.15) is 0 Å². The highest BCUT2D eigenvalue weighted by Crippen LogP contribution is 2.23. The number of hydrogen-bond acceptors (Lipinski definition) is 3. The number of nitrogens with zero attached hydrogens (tertiary/aromatic N) is 2. The van der Waals surface area contributed by atoms with E-state index in [0.717, 1.165) is 28.7 Å². The number of carbonyl (C=O) groups is 1. The van der Waals surface area contributed by atoms with Gasteiger partial charge in [-0.25, -0.2) is 4.98 Å². The Bertz CT molecular complexity index is 1270. The van der Waals surface area contributed by atoms with Gasteiger partial charge in [0.05, 0.1) is 12.3 Å². The van der Waals surface area contributed by atoms with Crippen LogP contribution in [0.4, 0.5) is 0 Å². The van der Waals surface area contributed by atoms with Crippen LogP contribution in [0.25, 0.3) is 11.0 Å². The summed E-state index contributed by atoms with van der Waals surface area (Å²) in [6, 6.07) is 21.9. The average molecular weight is 425 g/mol. The minimum Gasteiger partial charge on any atom is -0.489 e. The SMILES string of the molecule is CC#C[C@@H](CC(=O)O)c1ccc(OCc2cnc3c(ccn3Cc3ccccc3)c2)cc1. The minimum absolute atomic E-state index is 0.0172. The normalized spacial score (nSPS) is 11.5. The van der Waals surface area contributed by atoms with Crippen molar-refractivity contribution < 1.29 is 14.6 Å². The van der Waals surface area contributed by atoms with E-state index in [9.17, 15) is 4.79 Å². The first-order valence-corrected chi connectivity index (χ1v) is 10.5. The van der Waals surface area contributed by atoms with Crippen molar-refractivity contribution in [3.05, 3.63) is 95.8 Å². The van der Waals surface area contributed by atoms with Gasteiger partial charge >= 0.3 is 5.97 Å². The number of rotatable bonds is 8. The van der Waals surface area contributed by atoms with Gasteiger partial charge in [-0.05, 0) is 42.3 Å². The van der Waals surface area contributed by atoms with Crippen LogP contribution in [0.3, 0.4) is 0 Å². The second-order valence-corrected chi connectivity index (χ2v) is 7.59. The summed E-state index contributed by atoms with van der Waals surface area (Å²) in [5.74, 6) is 5.30. The van der Waals surface area contributed by atoms with E-state index in [1.807, 2.05) is 48.7 Å². The van der Waals surface area contributed by atoms with E-state index in [4.69, 9.17) is 9.84 Å². The molecule has 0 spiro atoms. The maximum atomic E-state index is 11.1. The number of pyridine rings is 1. The van der Waals surface area contributed by atoms with Gasteiger partial charge in [0, 0.05) is 29.9 Å². The van der Waals surface area contributed by atoms with E-state index in [1.165, 1.54) is 5.56 Å². The van der Waals surface area contributed by atoms with Crippen LogP contribution in [0.5, 0.6) is 5.75 Å². The molecular formula is C27H24N2O3. The summed E-state index contributed by atoms with van der Waals surface area (Å²) in [6.07, 6.45) is 3.88. The van der Waals surface area contributed by atoms with Crippen LogP contribution in [0.15, 0.2) is 79.1 Å². The Morgan fingerprint density at radius 2 is 1.88 bits per heavy atom. The highest BCUT2D eigenvalue weighted by atomic mass is 16.5. The average Bonchev–Trinajstić information content (AvgIpc) is 3.20. The van der Waals surface area contributed by atoms with Crippen molar-refractivity contribution in [3.8, 4) is 17.6 Å². The van der Waals surface area contributed by atoms with E-state index in [-0.39, 0.29) is 12.3 Å². The van der Waals surface area contributed by atoms with Crippen LogP contribution >= 0.6 is 0 Å². The second-order valence-electron chi connectivity index (χ2n) is 7.59. The van der Waals surface area contributed by atoms with Crippen molar-refractivity contribution in [2.45, 2.75) is 32.4 Å². The molecule has 32 heavy (non-hydrogen) atoms. The molecule has 4 aromatic rings. The number of fused-ring (bicyclic) bond motifs is 1. The predicted octanol–water partition coefficient (Wildman–Crippen LogP) is 5.25. The van der Waals surface area contributed by atoms with Crippen LogP contribution in [0.1, 0.15) is 36.0 Å². The van der Waals surface area contributed by atoms with Gasteiger partial charge in [-0.1, -0.05) is 48.4 Å². The molecule has 0 saturated carbocycles. The zero-order valence-corrected chi connectivity index (χ0v) is 17.9. The fourth-order valence-electron chi connectivity index (χ4n) is 3.67. The van der Waals surface area contributed by atoms with Gasteiger partial charge < -0.3 is 14.4 Å². The number of carboxylic acids is 1. The zero-order valence-electron chi connectivity index (χ0n) is 17.9. The lowest BCUT2D eigenvalue weighted by atomic mass is 9.96. The monoisotopic (exact) mass is 424 g/mol. The van der Waals surface area contributed by atoms with Crippen LogP contribution < -0.4 is 4.74 Å². The summed E-state index contributed by atoms with van der Waals surface area (Å²) < 4.78 is 8.06. The number of benzene rings is 2. The highest BCUT2D eigenvalue weighted by Gasteiger charge is 2.13. The molecule has 0 aliphatic rings. The molecule has 0 aliphatic heterocycles. The molecule has 5 nitrogen and oxygen atoms in total. The third kappa shape index (κ3) is 5.16. The number of aliphatic carboxylic acids is 1. The van der Waals surface area contributed by atoms with Crippen LogP contribution in [0.2, 0.25) is 0 Å². The number of aromatic nitrogens is 2. The molecular weight excluding hydrogens is 400 g/mol. The first-order chi connectivity index (χ1) is 15.6. The molecule has 1 atom stereocenters. The zero-order chi connectivity index (χ0) is 22.3. The molecule has 0 radical (unpaired) electrons. The molecule has 0 bridgehead atoms. The van der Waals surface area contributed by atoms with Crippen molar-refractivity contribution in [1.29, 1.82) is 0 Å². The van der Waals surface area contributed by atoms with Gasteiger partial charge in [0.15, 0.2) is 0 Å². The largest absolute Gasteiger partial charge is 0.489 e. The Morgan fingerprint density at radius 3 is 2.59 bits per heavy atom. The van der Waals surface area contributed by atoms with Gasteiger partial charge in [0.25, 0.3) is 0 Å². The number of ether oxygens (including phenoxy) is 1. The van der Waals surface area contributed by atoms with Crippen molar-refractivity contribution in [3.63, 3.8) is 0 Å². The summed E-state index contributed by atoms with van der Waals surface area (Å²) in [5, 5.41) is 10.2. The number of carboxylic acid groups (broad SMARTS) is 1. The van der Waals surface area contributed by atoms with Crippen molar-refractivity contribution in [1.82, 2.24) is 9.55 Å². The molecule has 0 amide bonds. The summed E-state index contributed by atoms with van der Waals surface area (Å²) in [5.41, 5.74) is 4.04. The molecule has 5 heteroatoms. The molecule has 2 heterocycles. The molecule has 2 aromatic carbocycles. The maximum Gasteiger partial charge on any atom is 0.304 e. The summed E-state index contributed by atoms with van der Waals surface area (Å²) in [7, 11) is 0. The molecule has 0 aliphatic carbocycles. The van der Waals surface area contributed by atoms with Crippen LogP contribution in [-0.4, -0.2) is 20.6 Å². The first-order valence-electron chi connectivity index (χ1n) is 10.5. The molecule has 2 aromatic heterocycles. The number of hydrogen-bond donors (Lipinski definition) is 1. The first kappa shape index (κ1) is 21.2. The quantitative estimate of drug-likeness (QED) is 0.393. The Balaban J connectivity index is 1.41. The molecule has 0 fully saturated rings. The summed E-state index contributed by atoms with van der Waals surface area (Å²) in [4.78, 5) is 15.7. The van der Waals surface area contributed by atoms with Gasteiger partial charge in [-0.3, -0.25) is 4.79 Å². The maximum absolute atomic E-state index is 11.1. The topological polar surface area (TPSA) is 64.3 Å². The van der Waals surface area contributed by atoms with Crippen molar-refractivity contribution >= 4 is 17.0 Å². The minimum atomic E-state index is -0.862. The molecule has 0 unspecified atom stereocenters. The second kappa shape index (κ2) is 9.84. The van der Waals surface area contributed by atoms with E-state index in [0.29, 0.717) is 12.4 Å². The van der Waals surface area contributed by atoms with Crippen molar-refractivity contribution in [2.75, 3.05) is 0 Å². The van der Waals surface area contributed by atoms with Crippen LogP contribution in [-0.2, 0) is 17.9 Å². The lowest BCUT2D eigenvalue weighted by Gasteiger charge is -2.11. The lowest BCUT2D eigenvalue weighted by molar-refractivity contribution is -0.137. The summed E-state index contributed by atoms with van der Waals surface area (Å²) >= 11 is 0. The fraction of sp³-hybridized carbons (Fsp3) is 0.185. The van der Waals surface area contributed by atoms with Gasteiger partial charge in [-0.15, -0.1) is 5.92 Å². The van der Waals surface area contributed by atoms with Crippen molar-refractivity contribution in [2.24, 2.45) is 0 Å².